The van der Waals surface area contributed by atoms with E-state index in [9.17, 15) is 4.79 Å². The molecule has 17 heavy (non-hydrogen) atoms. The molecule has 0 aliphatic carbocycles. The number of H-pyrrole nitrogens is 1. The monoisotopic (exact) mass is 236 g/mol. The van der Waals surface area contributed by atoms with E-state index in [0.29, 0.717) is 17.9 Å². The molecule has 1 aromatic heterocycles. The van der Waals surface area contributed by atoms with E-state index in [0.717, 1.165) is 12.1 Å². The van der Waals surface area contributed by atoms with Gasteiger partial charge < -0.3 is 10.6 Å². The molecule has 1 heterocycles. The highest BCUT2D eigenvalue weighted by atomic mass is 16.2. The molecule has 0 saturated carbocycles. The molecule has 0 bridgehead atoms. The number of amides is 1. The normalized spacial score (nSPS) is 10.6. The van der Waals surface area contributed by atoms with E-state index in [1.54, 1.807) is 11.0 Å². The largest absolute Gasteiger partial charge is 0.395 e. The van der Waals surface area contributed by atoms with Gasteiger partial charge in [0.1, 0.15) is 0 Å². The second-order valence-electron chi connectivity index (χ2n) is 4.16. The summed E-state index contributed by atoms with van der Waals surface area (Å²) in [7, 11) is 0. The second-order valence-corrected chi connectivity index (χ2v) is 4.16. The van der Waals surface area contributed by atoms with Gasteiger partial charge in [-0.1, -0.05) is 13.0 Å². The maximum atomic E-state index is 12.2. The molecule has 0 atom stereocenters. The molecule has 1 rings (SSSR count). The molecule has 1 aromatic rings. The molecule has 0 radical (unpaired) electrons. The Morgan fingerprint density at radius 3 is 2.71 bits per heavy atom. The number of hydrogen-bond acceptors (Lipinski definition) is 3. The van der Waals surface area contributed by atoms with Gasteiger partial charge in [-0.2, -0.15) is 5.10 Å². The van der Waals surface area contributed by atoms with Gasteiger partial charge >= 0.3 is 0 Å². The maximum absolute atomic E-state index is 12.2. The molecule has 0 fully saturated rings. The Labute approximate surface area is 102 Å². The first-order valence-corrected chi connectivity index (χ1v) is 5.77. The topological polar surface area (TPSA) is 75.0 Å². The minimum atomic E-state index is -0.159. The zero-order valence-corrected chi connectivity index (χ0v) is 10.7. The molecular weight excluding hydrogens is 216 g/mol. The number of nitrogens with two attached hydrogens (primary N) is 1. The van der Waals surface area contributed by atoms with Crippen molar-refractivity contribution in [2.24, 2.45) is 0 Å². The van der Waals surface area contributed by atoms with Gasteiger partial charge in [-0.15, -0.1) is 6.58 Å². The lowest BCUT2D eigenvalue weighted by atomic mass is 10.2. The number of nitrogens with one attached hydrogen (secondary N) is 1. The van der Waals surface area contributed by atoms with Crippen molar-refractivity contribution in [1.82, 2.24) is 15.1 Å². The molecule has 0 spiro atoms. The molecular formula is C12H20N4O. The highest BCUT2D eigenvalue weighted by molar-refractivity contribution is 5.97. The van der Waals surface area contributed by atoms with Gasteiger partial charge in [0.25, 0.3) is 5.91 Å². The minimum Gasteiger partial charge on any atom is -0.395 e. The lowest BCUT2D eigenvalue weighted by Crippen LogP contribution is -2.37. The van der Waals surface area contributed by atoms with E-state index in [-0.39, 0.29) is 11.9 Å². The number of anilines is 1. The number of carbonyl (C=O) groups excluding carboxylic acids is 1. The fourth-order valence-corrected chi connectivity index (χ4v) is 1.62. The summed E-state index contributed by atoms with van der Waals surface area (Å²) in [5.41, 5.74) is 7.44. The number of aromatic nitrogens is 2. The summed E-state index contributed by atoms with van der Waals surface area (Å²) < 4.78 is 0. The fraction of sp³-hybridized carbons (Fsp3) is 0.500. The van der Waals surface area contributed by atoms with Gasteiger partial charge in [0.05, 0.1) is 11.4 Å². The van der Waals surface area contributed by atoms with Crippen LogP contribution in [0.5, 0.6) is 0 Å². The van der Waals surface area contributed by atoms with Crippen molar-refractivity contribution >= 4 is 11.6 Å². The predicted octanol–water partition coefficient (Wildman–Crippen LogP) is 1.59. The van der Waals surface area contributed by atoms with Crippen molar-refractivity contribution < 1.29 is 4.79 Å². The van der Waals surface area contributed by atoms with Crippen molar-refractivity contribution in [3.05, 3.63) is 24.0 Å². The first-order chi connectivity index (χ1) is 8.02. The van der Waals surface area contributed by atoms with E-state index in [4.69, 9.17) is 5.73 Å². The Kier molecular flexibility index (Phi) is 4.31. The van der Waals surface area contributed by atoms with Crippen molar-refractivity contribution in [1.29, 1.82) is 0 Å². The van der Waals surface area contributed by atoms with Crippen LogP contribution in [0.3, 0.4) is 0 Å². The van der Waals surface area contributed by atoms with E-state index < -0.39 is 0 Å². The maximum Gasteiger partial charge on any atom is 0.277 e. The van der Waals surface area contributed by atoms with Crippen LogP contribution in [0.25, 0.3) is 0 Å². The van der Waals surface area contributed by atoms with Gasteiger partial charge in [-0.3, -0.25) is 9.89 Å². The van der Waals surface area contributed by atoms with E-state index >= 15 is 0 Å². The Morgan fingerprint density at radius 2 is 2.29 bits per heavy atom. The summed E-state index contributed by atoms with van der Waals surface area (Å²) in [6.45, 7) is 10.00. The van der Waals surface area contributed by atoms with E-state index in [1.165, 1.54) is 0 Å². The summed E-state index contributed by atoms with van der Waals surface area (Å²) in [5.74, 6) is -0.159. The average Bonchev–Trinajstić information content (AvgIpc) is 2.66. The van der Waals surface area contributed by atoms with E-state index in [2.05, 4.69) is 16.8 Å². The van der Waals surface area contributed by atoms with Gasteiger partial charge in [-0.05, 0) is 20.3 Å². The van der Waals surface area contributed by atoms with Crippen LogP contribution in [0.2, 0.25) is 0 Å². The SMILES string of the molecule is C=CCN(C(=O)c1n[nH]c(CC)c1N)C(C)C. The van der Waals surface area contributed by atoms with Crippen molar-refractivity contribution in [2.75, 3.05) is 12.3 Å². The van der Waals surface area contributed by atoms with Crippen molar-refractivity contribution in [3.63, 3.8) is 0 Å². The zero-order valence-electron chi connectivity index (χ0n) is 10.7. The molecule has 5 nitrogen and oxygen atoms in total. The Bertz CT molecular complexity index is 409. The summed E-state index contributed by atoms with van der Waals surface area (Å²) in [6, 6.07) is 0.0849. The molecule has 0 aliphatic rings. The van der Waals surface area contributed by atoms with Gasteiger partial charge in [0, 0.05) is 12.6 Å². The average molecular weight is 236 g/mol. The lowest BCUT2D eigenvalue weighted by Gasteiger charge is -2.24. The van der Waals surface area contributed by atoms with Crippen LogP contribution in [0, 0.1) is 0 Å². The highest BCUT2D eigenvalue weighted by Crippen LogP contribution is 2.17. The van der Waals surface area contributed by atoms with Crippen LogP contribution >= 0.6 is 0 Å². The molecule has 0 aliphatic heterocycles. The summed E-state index contributed by atoms with van der Waals surface area (Å²) >= 11 is 0. The molecule has 0 saturated heterocycles. The van der Waals surface area contributed by atoms with Crippen LogP contribution in [-0.2, 0) is 6.42 Å². The van der Waals surface area contributed by atoms with Crippen molar-refractivity contribution in [2.45, 2.75) is 33.2 Å². The number of aryl methyl sites for hydroxylation is 1. The van der Waals surface area contributed by atoms with Crippen LogP contribution in [0.4, 0.5) is 5.69 Å². The molecule has 0 unspecified atom stereocenters. The molecule has 5 heteroatoms. The number of aromatic amines is 1. The van der Waals surface area contributed by atoms with Gasteiger partial charge in [-0.25, -0.2) is 0 Å². The lowest BCUT2D eigenvalue weighted by molar-refractivity contribution is 0.0724. The van der Waals surface area contributed by atoms with Crippen LogP contribution < -0.4 is 5.73 Å². The molecule has 94 valence electrons. The number of rotatable bonds is 5. The van der Waals surface area contributed by atoms with Gasteiger partial charge in [0.2, 0.25) is 0 Å². The summed E-state index contributed by atoms with van der Waals surface area (Å²) in [6.07, 6.45) is 2.43. The quantitative estimate of drug-likeness (QED) is 0.762. The minimum absolute atomic E-state index is 0.0849. The predicted molar refractivity (Wildman–Crippen MR) is 68.7 cm³/mol. The van der Waals surface area contributed by atoms with Gasteiger partial charge in [0.15, 0.2) is 5.69 Å². The third-order valence-corrected chi connectivity index (χ3v) is 2.65. The van der Waals surface area contributed by atoms with Crippen molar-refractivity contribution in [3.8, 4) is 0 Å². The fourth-order valence-electron chi connectivity index (χ4n) is 1.62. The third kappa shape index (κ3) is 2.67. The smallest absolute Gasteiger partial charge is 0.277 e. The molecule has 1 amide bonds. The first-order valence-electron chi connectivity index (χ1n) is 5.77. The number of carbonyl (C=O) groups is 1. The number of nitrogens with zero attached hydrogens (tertiary/aromatic N) is 2. The Balaban J connectivity index is 3.00. The molecule has 3 N–H and O–H groups in total. The highest BCUT2D eigenvalue weighted by Gasteiger charge is 2.23. The standard InChI is InChI=1S/C12H20N4O/c1-5-7-16(8(3)4)12(17)11-10(13)9(6-2)14-15-11/h5,8H,1,6-7,13H2,2-4H3,(H,14,15). The number of nitrogen functional groups attached to an aromatic ring is 1. The Morgan fingerprint density at radius 1 is 1.65 bits per heavy atom. The van der Waals surface area contributed by atoms with Crippen LogP contribution in [0.15, 0.2) is 12.7 Å². The van der Waals surface area contributed by atoms with Crippen LogP contribution in [0.1, 0.15) is 37.0 Å². The summed E-state index contributed by atoms with van der Waals surface area (Å²) in [5, 5.41) is 6.79. The first kappa shape index (κ1) is 13.3. The second kappa shape index (κ2) is 5.52. The Hall–Kier alpha value is -1.78. The zero-order chi connectivity index (χ0) is 13.0. The number of hydrogen-bond donors (Lipinski definition) is 2. The van der Waals surface area contributed by atoms with Crippen LogP contribution in [-0.4, -0.2) is 33.6 Å². The third-order valence-electron chi connectivity index (χ3n) is 2.65. The van der Waals surface area contributed by atoms with E-state index in [1.807, 2.05) is 20.8 Å². The summed E-state index contributed by atoms with van der Waals surface area (Å²) in [4.78, 5) is 13.9. The molecule has 0 aromatic carbocycles.